The van der Waals surface area contributed by atoms with Gasteiger partial charge in [0.05, 0.1) is 12.2 Å². The molecular formula is C33H56O10S2. The Morgan fingerprint density at radius 2 is 0.933 bits per heavy atom. The summed E-state index contributed by atoms with van der Waals surface area (Å²) in [7, 11) is 0. The van der Waals surface area contributed by atoms with Crippen molar-refractivity contribution < 1.29 is 47.5 Å². The second-order valence-electron chi connectivity index (χ2n) is 14.2. The first-order valence-electron chi connectivity index (χ1n) is 16.6. The van der Waals surface area contributed by atoms with Gasteiger partial charge in [-0.05, 0) is 64.9 Å². The molecule has 0 bridgehead atoms. The summed E-state index contributed by atoms with van der Waals surface area (Å²) in [5.74, 6) is -1.54. The molecule has 45 heavy (non-hydrogen) atoms. The molecule has 0 radical (unpaired) electrons. The Balaban J connectivity index is 1.16. The highest BCUT2D eigenvalue weighted by Crippen LogP contribution is 2.44. The maximum atomic E-state index is 12.9. The minimum atomic E-state index is -0.758. The number of thioether (sulfide) groups is 2. The highest BCUT2D eigenvalue weighted by molar-refractivity contribution is 7.99. The molecule has 260 valence electrons. The van der Waals surface area contributed by atoms with Crippen LogP contribution in [0.25, 0.3) is 0 Å². The fraction of sp³-hybridized carbons (Fsp3) is 0.939. The summed E-state index contributed by atoms with van der Waals surface area (Å²) in [6.07, 6.45) is 6.05. The third-order valence-corrected chi connectivity index (χ3v) is 10.5. The van der Waals surface area contributed by atoms with Crippen molar-refractivity contribution in [3.05, 3.63) is 0 Å². The summed E-state index contributed by atoms with van der Waals surface area (Å²) in [6.45, 7) is 16.0. The largest absolute Gasteiger partial charge is 0.456 e. The predicted octanol–water partition coefficient (Wildman–Crippen LogP) is 6.07. The van der Waals surface area contributed by atoms with E-state index >= 15 is 0 Å². The van der Waals surface area contributed by atoms with E-state index in [1.54, 1.807) is 0 Å². The monoisotopic (exact) mass is 676 g/mol. The molecule has 4 aliphatic rings. The quantitative estimate of drug-likeness (QED) is 0.157. The second kappa shape index (κ2) is 15.7. The summed E-state index contributed by atoms with van der Waals surface area (Å²) in [5.41, 5.74) is -0.624. The Morgan fingerprint density at radius 1 is 0.600 bits per heavy atom. The van der Waals surface area contributed by atoms with Gasteiger partial charge >= 0.3 is 11.9 Å². The van der Waals surface area contributed by atoms with Crippen molar-refractivity contribution in [3.8, 4) is 0 Å². The molecule has 12 heteroatoms. The molecule has 4 rings (SSSR count). The lowest BCUT2D eigenvalue weighted by molar-refractivity contribution is -0.195. The van der Waals surface area contributed by atoms with Crippen LogP contribution in [-0.4, -0.2) is 95.7 Å². The molecule has 0 aliphatic carbocycles. The lowest BCUT2D eigenvalue weighted by Gasteiger charge is -2.42. The van der Waals surface area contributed by atoms with Gasteiger partial charge in [0.15, 0.2) is 23.8 Å². The number of esters is 2. The number of unbranched alkanes of at least 4 members (excludes halogenated alkanes) is 4. The summed E-state index contributed by atoms with van der Waals surface area (Å²) in [5, 5.41) is 0. The van der Waals surface area contributed by atoms with Crippen LogP contribution in [-0.2, 0) is 47.5 Å². The average molecular weight is 677 g/mol. The van der Waals surface area contributed by atoms with Crippen LogP contribution in [0, 0.1) is 11.8 Å². The molecule has 0 N–H and O–H groups in total. The number of fused-ring (bicyclic) bond motifs is 2. The predicted molar refractivity (Wildman–Crippen MR) is 174 cm³/mol. The van der Waals surface area contributed by atoms with E-state index in [1.165, 1.54) is 23.5 Å². The van der Waals surface area contributed by atoms with Crippen LogP contribution in [0.3, 0.4) is 0 Å². The lowest BCUT2D eigenvalue weighted by Crippen LogP contribution is -2.57. The van der Waals surface area contributed by atoms with Crippen molar-refractivity contribution in [2.45, 2.75) is 172 Å². The number of carbonyl (C=O) groups excluding carboxylic acids is 2. The van der Waals surface area contributed by atoms with Gasteiger partial charge in [0, 0.05) is 12.8 Å². The molecule has 0 aromatic rings. The first-order chi connectivity index (χ1) is 21.2. The minimum absolute atomic E-state index is 0.129. The van der Waals surface area contributed by atoms with Gasteiger partial charge < -0.3 is 37.9 Å². The Morgan fingerprint density at radius 3 is 1.27 bits per heavy atom. The van der Waals surface area contributed by atoms with Crippen LogP contribution in [0.4, 0.5) is 0 Å². The fourth-order valence-corrected chi connectivity index (χ4v) is 8.20. The van der Waals surface area contributed by atoms with Gasteiger partial charge in [0.2, 0.25) is 0 Å². The lowest BCUT2D eigenvalue weighted by atomic mass is 9.92. The normalized spacial score (nSPS) is 37.0. The molecule has 0 spiro atoms. The van der Waals surface area contributed by atoms with Crippen LogP contribution >= 0.6 is 23.5 Å². The third kappa shape index (κ3) is 9.31. The maximum absolute atomic E-state index is 12.9. The third-order valence-electron chi connectivity index (χ3n) is 8.82. The number of ether oxygens (including phenoxy) is 8. The highest BCUT2D eigenvalue weighted by Gasteiger charge is 2.58. The molecule has 4 saturated heterocycles. The molecule has 10 nitrogen and oxygen atoms in total. The van der Waals surface area contributed by atoms with E-state index < -0.39 is 23.8 Å². The zero-order chi connectivity index (χ0) is 33.1. The molecule has 4 aliphatic heterocycles. The van der Waals surface area contributed by atoms with E-state index in [0.29, 0.717) is 25.7 Å². The molecule has 0 amide bonds. The average Bonchev–Trinajstić information content (AvgIpc) is 3.46. The molecule has 0 saturated carbocycles. The van der Waals surface area contributed by atoms with Crippen LogP contribution in [0.1, 0.15) is 100 Å². The molecule has 4 fully saturated rings. The number of hydrogen-bond acceptors (Lipinski definition) is 12. The smallest absolute Gasteiger partial charge is 0.306 e. The topological polar surface area (TPSA) is 108 Å². The van der Waals surface area contributed by atoms with Gasteiger partial charge in [-0.25, -0.2) is 0 Å². The Hall–Kier alpha value is -0.600. The number of hydrogen-bond donors (Lipinski definition) is 0. The maximum Gasteiger partial charge on any atom is 0.306 e. The summed E-state index contributed by atoms with van der Waals surface area (Å²) in [6, 6.07) is 0. The van der Waals surface area contributed by atoms with Crippen LogP contribution < -0.4 is 0 Å². The summed E-state index contributed by atoms with van der Waals surface area (Å²) >= 11 is 3.06. The van der Waals surface area contributed by atoms with Gasteiger partial charge in [-0.1, -0.05) is 47.0 Å². The highest BCUT2D eigenvalue weighted by atomic mass is 32.2. The first kappa shape index (κ1) is 37.2. The Labute approximate surface area is 278 Å². The molecule has 10 unspecified atom stereocenters. The van der Waals surface area contributed by atoms with Gasteiger partial charge in [-0.3, -0.25) is 9.59 Å². The van der Waals surface area contributed by atoms with Crippen LogP contribution in [0.2, 0.25) is 0 Å². The van der Waals surface area contributed by atoms with Crippen LogP contribution in [0.15, 0.2) is 0 Å². The number of rotatable bonds is 14. The zero-order valence-corrected chi connectivity index (χ0v) is 30.4. The van der Waals surface area contributed by atoms with Crippen molar-refractivity contribution in [1.29, 1.82) is 0 Å². The first-order valence-corrected chi connectivity index (χ1v) is 19.2. The van der Waals surface area contributed by atoms with Crippen molar-refractivity contribution >= 4 is 35.5 Å². The van der Waals surface area contributed by atoms with E-state index in [-0.39, 0.29) is 71.3 Å². The second-order valence-corrected chi connectivity index (χ2v) is 16.1. The van der Waals surface area contributed by atoms with Gasteiger partial charge in [0.1, 0.15) is 35.3 Å². The van der Waals surface area contributed by atoms with Crippen molar-refractivity contribution in [2.75, 3.05) is 12.5 Å². The summed E-state index contributed by atoms with van der Waals surface area (Å²) < 4.78 is 49.4. The Bertz CT molecular complexity index is 915. The van der Waals surface area contributed by atoms with Gasteiger partial charge in [-0.2, -0.15) is 0 Å². The molecule has 0 aromatic carbocycles. The molecule has 0 aromatic heterocycles. The standard InChI is InChI=1S/C33H56O10S2/c1-18(2)22-24-26(42-32(5,6)40-24)28(30(38-22)44-9)36-20(34)16-14-12-11-13-15-17-21(35)37-29-27-25(41-33(7,8)43-27)23(19(3)4)39-31(29)45-10/h18-19,22-31H,11-17H2,1-10H3. The molecule has 4 heterocycles. The van der Waals surface area contributed by atoms with Crippen molar-refractivity contribution in [2.24, 2.45) is 11.8 Å². The Kier molecular flexibility index (Phi) is 13.0. The van der Waals surface area contributed by atoms with Crippen LogP contribution in [0.5, 0.6) is 0 Å². The van der Waals surface area contributed by atoms with E-state index in [2.05, 4.69) is 27.7 Å². The van der Waals surface area contributed by atoms with E-state index in [0.717, 1.165) is 19.3 Å². The van der Waals surface area contributed by atoms with E-state index in [1.807, 2.05) is 40.2 Å². The molecule has 10 atom stereocenters. The van der Waals surface area contributed by atoms with Crippen molar-refractivity contribution in [1.82, 2.24) is 0 Å². The number of carbonyl (C=O) groups is 2. The SMILES string of the molecule is CSC1OC(C(C)C)C2OC(C)(C)OC2C1OC(=O)CCCCCCCC(=O)OC1C(SC)OC(C(C)C)C2OC(C)(C)OC12. The molecular weight excluding hydrogens is 620 g/mol. The zero-order valence-electron chi connectivity index (χ0n) is 28.8. The minimum Gasteiger partial charge on any atom is -0.456 e. The fourth-order valence-electron chi connectivity index (χ4n) is 6.77. The van der Waals surface area contributed by atoms with Crippen molar-refractivity contribution in [3.63, 3.8) is 0 Å². The van der Waals surface area contributed by atoms with E-state index in [9.17, 15) is 9.59 Å². The van der Waals surface area contributed by atoms with Gasteiger partial charge in [0.25, 0.3) is 0 Å². The van der Waals surface area contributed by atoms with E-state index in [4.69, 9.17) is 37.9 Å². The van der Waals surface area contributed by atoms with Gasteiger partial charge in [-0.15, -0.1) is 23.5 Å². The summed E-state index contributed by atoms with van der Waals surface area (Å²) in [4.78, 5) is 25.7.